The van der Waals surface area contributed by atoms with Crippen molar-refractivity contribution < 1.29 is 20.1 Å². The summed E-state index contributed by atoms with van der Waals surface area (Å²) < 4.78 is 7.04. The first-order chi connectivity index (χ1) is 13.5. The molecule has 0 amide bonds. The number of aliphatic hydroxyl groups is 3. The lowest BCUT2D eigenvalue weighted by atomic mass is 10.1. The monoisotopic (exact) mass is 386 g/mol. The molecule has 1 fully saturated rings. The number of fused-ring (bicyclic) bond motifs is 1. The van der Waals surface area contributed by atoms with E-state index in [-0.39, 0.29) is 11.8 Å². The van der Waals surface area contributed by atoms with Crippen LogP contribution in [0.3, 0.4) is 0 Å². The van der Waals surface area contributed by atoms with Crippen molar-refractivity contribution in [2.75, 3.05) is 17.7 Å². The van der Waals surface area contributed by atoms with Gasteiger partial charge >= 0.3 is 0 Å². The molecule has 4 atom stereocenters. The van der Waals surface area contributed by atoms with Gasteiger partial charge in [-0.25, -0.2) is 4.98 Å². The van der Waals surface area contributed by atoms with E-state index in [4.69, 9.17) is 10.5 Å². The van der Waals surface area contributed by atoms with Crippen molar-refractivity contribution in [3.63, 3.8) is 0 Å². The molecule has 6 N–H and O–H groups in total. The lowest BCUT2D eigenvalue weighted by Gasteiger charge is -2.17. The van der Waals surface area contributed by atoms with E-state index >= 15 is 0 Å². The number of aryl methyl sites for hydroxylation is 1. The minimum Gasteiger partial charge on any atom is -0.394 e. The largest absolute Gasteiger partial charge is 0.394 e. The maximum Gasteiger partial charge on any atom is 0.231 e. The smallest absolute Gasteiger partial charge is 0.231 e. The number of nitrogens with zero attached hydrogens (tertiary/aromatic N) is 4. The molecule has 3 aromatic rings. The van der Waals surface area contributed by atoms with E-state index < -0.39 is 31.1 Å². The number of nitrogens with one attached hydrogen (secondary N) is 1. The summed E-state index contributed by atoms with van der Waals surface area (Å²) >= 11 is 0. The van der Waals surface area contributed by atoms with Crippen LogP contribution in [0.2, 0.25) is 0 Å². The predicted molar refractivity (Wildman–Crippen MR) is 102 cm³/mol. The Balaban J connectivity index is 1.68. The first-order valence-corrected chi connectivity index (χ1v) is 9.00. The zero-order valence-electron chi connectivity index (χ0n) is 15.2. The molecule has 0 aliphatic carbocycles. The number of ether oxygens (including phenoxy) is 1. The minimum atomic E-state index is -1.25. The zero-order valence-corrected chi connectivity index (χ0v) is 15.2. The second-order valence-corrected chi connectivity index (χ2v) is 6.66. The van der Waals surface area contributed by atoms with Crippen molar-refractivity contribution in [2.24, 2.45) is 0 Å². The van der Waals surface area contributed by atoms with E-state index in [9.17, 15) is 15.3 Å². The van der Waals surface area contributed by atoms with Crippen molar-refractivity contribution in [3.05, 3.63) is 36.2 Å². The van der Waals surface area contributed by atoms with E-state index in [2.05, 4.69) is 27.2 Å². The number of hydrogen-bond acceptors (Lipinski definition) is 9. The summed E-state index contributed by atoms with van der Waals surface area (Å²) in [5.41, 5.74) is 8.73. The van der Waals surface area contributed by atoms with E-state index in [1.54, 1.807) is 0 Å². The molecule has 1 aliphatic heterocycles. The summed E-state index contributed by atoms with van der Waals surface area (Å²) in [5.74, 6) is 0.436. The first kappa shape index (κ1) is 18.6. The lowest BCUT2D eigenvalue weighted by Crippen LogP contribution is -2.33. The van der Waals surface area contributed by atoms with Crippen LogP contribution in [0.25, 0.3) is 11.2 Å². The molecule has 1 saturated heterocycles. The Morgan fingerprint density at radius 1 is 1.18 bits per heavy atom. The highest BCUT2D eigenvalue weighted by Crippen LogP contribution is 2.32. The van der Waals surface area contributed by atoms with Crippen LogP contribution in [0, 0.1) is 0 Å². The molecule has 0 unspecified atom stereocenters. The fourth-order valence-corrected chi connectivity index (χ4v) is 3.24. The van der Waals surface area contributed by atoms with Crippen LogP contribution in [-0.2, 0) is 11.2 Å². The Hall–Kier alpha value is -2.79. The van der Waals surface area contributed by atoms with Crippen molar-refractivity contribution >= 4 is 28.6 Å². The number of rotatable bonds is 5. The summed E-state index contributed by atoms with van der Waals surface area (Å²) in [4.78, 5) is 12.9. The fourth-order valence-electron chi connectivity index (χ4n) is 3.24. The van der Waals surface area contributed by atoms with Gasteiger partial charge < -0.3 is 31.1 Å². The third kappa shape index (κ3) is 3.16. The van der Waals surface area contributed by atoms with Gasteiger partial charge in [-0.2, -0.15) is 9.97 Å². The third-order valence-corrected chi connectivity index (χ3v) is 4.86. The Bertz CT molecular complexity index is 976. The third-order valence-electron chi connectivity index (χ3n) is 4.86. The second kappa shape index (κ2) is 7.32. The number of nitrogen functional groups attached to an aromatic ring is 1. The Morgan fingerprint density at radius 2 is 1.93 bits per heavy atom. The Kier molecular flexibility index (Phi) is 4.85. The van der Waals surface area contributed by atoms with Gasteiger partial charge in [-0.1, -0.05) is 19.1 Å². The van der Waals surface area contributed by atoms with Gasteiger partial charge in [-0.3, -0.25) is 4.57 Å². The average Bonchev–Trinajstić information content (AvgIpc) is 3.24. The number of aliphatic hydroxyl groups excluding tert-OH is 3. The van der Waals surface area contributed by atoms with Gasteiger partial charge in [-0.15, -0.1) is 0 Å². The summed E-state index contributed by atoms with van der Waals surface area (Å²) in [6.07, 6.45) is -1.96. The van der Waals surface area contributed by atoms with Gasteiger partial charge in [0, 0.05) is 5.69 Å². The number of imidazole rings is 1. The van der Waals surface area contributed by atoms with Crippen molar-refractivity contribution in [2.45, 2.75) is 37.9 Å². The molecule has 3 heterocycles. The second-order valence-electron chi connectivity index (χ2n) is 6.66. The van der Waals surface area contributed by atoms with Crippen LogP contribution >= 0.6 is 0 Å². The first-order valence-electron chi connectivity index (χ1n) is 9.00. The van der Waals surface area contributed by atoms with Crippen LogP contribution < -0.4 is 11.1 Å². The lowest BCUT2D eigenvalue weighted by molar-refractivity contribution is -0.0511. The van der Waals surface area contributed by atoms with Gasteiger partial charge in [0.05, 0.1) is 12.9 Å². The molecule has 0 saturated carbocycles. The van der Waals surface area contributed by atoms with Crippen LogP contribution in [0.1, 0.15) is 18.7 Å². The highest BCUT2D eigenvalue weighted by Gasteiger charge is 2.44. The van der Waals surface area contributed by atoms with Gasteiger partial charge in [-0.05, 0) is 24.1 Å². The summed E-state index contributed by atoms with van der Waals surface area (Å²) in [6.45, 7) is 1.66. The fraction of sp³-hybridized carbons (Fsp3) is 0.389. The maximum atomic E-state index is 10.3. The van der Waals surface area contributed by atoms with Crippen LogP contribution in [-0.4, -0.2) is 59.8 Å². The van der Waals surface area contributed by atoms with Crippen molar-refractivity contribution in [1.82, 2.24) is 19.5 Å². The molecule has 1 aromatic carbocycles. The molecule has 0 radical (unpaired) electrons. The number of anilines is 3. The standard InChI is InChI=1S/C18H22N6O4/c1-2-9-3-5-10(6-4-9)21-18-22-15(19)12-16(23-18)24(8-20-12)17-14(27)13(26)11(7-25)28-17/h3-6,8,11,13-14,17,25-27H,2,7H2,1H3,(H3,19,21,22,23)/t11-,13-,14-,17-/m1/s1. The molecule has 1 aliphatic rings. The zero-order chi connectivity index (χ0) is 19.8. The normalized spacial score (nSPS) is 24.7. The molecule has 4 rings (SSSR count). The Morgan fingerprint density at radius 3 is 2.57 bits per heavy atom. The quantitative estimate of drug-likeness (QED) is 0.417. The van der Waals surface area contributed by atoms with Crippen LogP contribution in [0.4, 0.5) is 17.5 Å². The van der Waals surface area contributed by atoms with Crippen molar-refractivity contribution in [1.29, 1.82) is 0 Å². The predicted octanol–water partition coefficient (Wildman–Crippen LogP) is 0.326. The highest BCUT2D eigenvalue weighted by molar-refractivity contribution is 5.83. The number of hydrogen-bond donors (Lipinski definition) is 5. The van der Waals surface area contributed by atoms with Gasteiger partial charge in [0.2, 0.25) is 5.95 Å². The van der Waals surface area contributed by atoms with E-state index in [1.807, 2.05) is 24.3 Å². The van der Waals surface area contributed by atoms with Gasteiger partial charge in [0.15, 0.2) is 17.7 Å². The Labute approximate surface area is 160 Å². The van der Waals surface area contributed by atoms with Crippen LogP contribution in [0.5, 0.6) is 0 Å². The highest BCUT2D eigenvalue weighted by atomic mass is 16.6. The van der Waals surface area contributed by atoms with Gasteiger partial charge in [0.1, 0.15) is 23.8 Å². The van der Waals surface area contributed by atoms with E-state index in [0.717, 1.165) is 12.1 Å². The maximum absolute atomic E-state index is 10.3. The van der Waals surface area contributed by atoms with Gasteiger partial charge in [0.25, 0.3) is 0 Å². The van der Waals surface area contributed by atoms with Crippen LogP contribution in [0.15, 0.2) is 30.6 Å². The molecule has 0 spiro atoms. The van der Waals surface area contributed by atoms with E-state index in [0.29, 0.717) is 11.2 Å². The minimum absolute atomic E-state index is 0.170. The number of nitrogens with two attached hydrogens (primary N) is 1. The molecule has 148 valence electrons. The molecule has 10 heteroatoms. The average molecular weight is 386 g/mol. The summed E-state index contributed by atoms with van der Waals surface area (Å²) in [5, 5.41) is 32.7. The number of benzene rings is 1. The summed E-state index contributed by atoms with van der Waals surface area (Å²) in [7, 11) is 0. The molecular weight excluding hydrogens is 364 g/mol. The topological polar surface area (TPSA) is 152 Å². The van der Waals surface area contributed by atoms with Crippen molar-refractivity contribution in [3.8, 4) is 0 Å². The molecular formula is C18H22N6O4. The SMILES string of the molecule is CCc1ccc(Nc2nc(N)c3ncn([C@@H]4O[C@H](CO)[C@@H](O)[C@H]4O)c3n2)cc1. The molecule has 10 nitrogen and oxygen atoms in total. The molecule has 2 aromatic heterocycles. The summed E-state index contributed by atoms with van der Waals surface area (Å²) in [6, 6.07) is 7.86. The molecule has 0 bridgehead atoms. The molecule has 28 heavy (non-hydrogen) atoms. The number of aromatic nitrogens is 4. The van der Waals surface area contributed by atoms with E-state index in [1.165, 1.54) is 16.5 Å².